The second-order valence-corrected chi connectivity index (χ2v) is 15.5. The normalized spacial score (nSPS) is 24.9. The molecular weight excluding hydrogens is 701 g/mol. The molecule has 3 aromatic rings. The van der Waals surface area contributed by atoms with Gasteiger partial charge in [-0.2, -0.15) is 0 Å². The zero-order chi connectivity index (χ0) is 38.0. The molecule has 1 saturated heterocycles. The molecule has 2 aromatic heterocycles. The zero-order valence-electron chi connectivity index (χ0n) is 30.8. The fraction of sp³-hybridized carbons (Fsp3) is 0.526. The predicted octanol–water partition coefficient (Wildman–Crippen LogP) is 5.16. The minimum Gasteiger partial charge on any atom is -0.496 e. The van der Waals surface area contributed by atoms with Crippen molar-refractivity contribution in [2.45, 2.75) is 96.0 Å². The van der Waals surface area contributed by atoms with E-state index in [1.165, 1.54) is 22.3 Å². The number of benzene rings is 1. The second kappa shape index (κ2) is 15.6. The lowest BCUT2D eigenvalue weighted by atomic mass is 10.0. The van der Waals surface area contributed by atoms with Crippen molar-refractivity contribution in [1.29, 1.82) is 0 Å². The van der Waals surface area contributed by atoms with E-state index in [-0.39, 0.29) is 38.0 Å². The molecule has 0 radical (unpaired) electrons. The Morgan fingerprint density at radius 2 is 1.94 bits per heavy atom. The molecule has 53 heavy (non-hydrogen) atoms. The average molecular weight is 749 g/mol. The van der Waals surface area contributed by atoms with Crippen molar-refractivity contribution < 1.29 is 38.5 Å². The van der Waals surface area contributed by atoms with Crippen LogP contribution in [0.15, 0.2) is 36.2 Å². The number of nitrogens with zero attached hydrogens (tertiary/aromatic N) is 3. The molecule has 4 bridgehead atoms. The first-order valence-electron chi connectivity index (χ1n) is 18.2. The number of amides is 3. The fourth-order valence-electron chi connectivity index (χ4n) is 7.08. The van der Waals surface area contributed by atoms with Gasteiger partial charge >= 0.3 is 12.1 Å². The summed E-state index contributed by atoms with van der Waals surface area (Å²) in [6, 6.07) is 3.83. The number of anilines is 1. The van der Waals surface area contributed by atoms with Crippen LogP contribution in [0.3, 0.4) is 0 Å². The Kier molecular flexibility index (Phi) is 11.1. The van der Waals surface area contributed by atoms with E-state index < -0.39 is 53.5 Å². The number of carbonyl (C=O) groups excluding carboxylic acids is 3. The quantitative estimate of drug-likeness (QED) is 0.212. The predicted molar refractivity (Wildman–Crippen MR) is 200 cm³/mol. The number of hydrogen-bond donors (Lipinski definition) is 4. The SMILES string of the molecule is C=C[C@H]1C[C@]1(NC(=O)[C@@H]1C[C@@H]2CN1C(=O)[C@H](C(C)C)NC(=O)OCCCCCc1cc3c(cc(-c4csc(NC(C)C)n4)nc3cc1OC)O2)C(=O)O. The number of carbonyl (C=O) groups is 4. The first-order valence-corrected chi connectivity index (χ1v) is 19.0. The maximum atomic E-state index is 14.3. The molecule has 0 unspecified atom stereocenters. The third-order valence-corrected chi connectivity index (χ3v) is 10.8. The highest BCUT2D eigenvalue weighted by atomic mass is 32.1. The van der Waals surface area contributed by atoms with E-state index in [1.54, 1.807) is 21.0 Å². The van der Waals surface area contributed by atoms with Gasteiger partial charge in [-0.3, -0.25) is 9.59 Å². The van der Waals surface area contributed by atoms with Crippen LogP contribution in [-0.2, 0) is 25.5 Å². The van der Waals surface area contributed by atoms with Crippen molar-refractivity contribution in [3.8, 4) is 22.9 Å². The number of nitrogens with one attached hydrogen (secondary N) is 3. The van der Waals surface area contributed by atoms with Crippen LogP contribution in [0.5, 0.6) is 11.5 Å². The number of thiazole rings is 1. The van der Waals surface area contributed by atoms with Gasteiger partial charge in [-0.15, -0.1) is 17.9 Å². The average Bonchev–Trinajstić information content (AvgIpc) is 3.39. The van der Waals surface area contributed by atoms with Crippen LogP contribution in [0.2, 0.25) is 0 Å². The first-order chi connectivity index (χ1) is 25.3. The van der Waals surface area contributed by atoms with Crippen molar-refractivity contribution in [3.63, 3.8) is 0 Å². The molecule has 4 N–H and O–H groups in total. The molecule has 15 heteroatoms. The Morgan fingerprint density at radius 1 is 1.15 bits per heavy atom. The van der Waals surface area contributed by atoms with Crippen LogP contribution in [-0.4, -0.2) is 93.9 Å². The summed E-state index contributed by atoms with van der Waals surface area (Å²) in [4.78, 5) is 64.7. The van der Waals surface area contributed by atoms with Gasteiger partial charge in [0, 0.05) is 41.3 Å². The van der Waals surface area contributed by atoms with Gasteiger partial charge in [0.1, 0.15) is 40.9 Å². The summed E-state index contributed by atoms with van der Waals surface area (Å²) in [5, 5.41) is 22.2. The molecule has 2 fully saturated rings. The molecule has 1 aromatic carbocycles. The van der Waals surface area contributed by atoms with Gasteiger partial charge in [0.2, 0.25) is 11.8 Å². The number of hydrogen-bond acceptors (Lipinski definition) is 11. The highest BCUT2D eigenvalue weighted by Gasteiger charge is 2.61. The van der Waals surface area contributed by atoms with E-state index in [0.29, 0.717) is 41.2 Å². The molecule has 5 atom stereocenters. The van der Waals surface area contributed by atoms with Crippen molar-refractivity contribution in [3.05, 3.63) is 41.8 Å². The third-order valence-electron chi connectivity index (χ3n) is 10.1. The van der Waals surface area contributed by atoms with E-state index in [9.17, 15) is 24.3 Å². The number of ether oxygens (including phenoxy) is 3. The zero-order valence-corrected chi connectivity index (χ0v) is 31.6. The van der Waals surface area contributed by atoms with E-state index in [0.717, 1.165) is 28.9 Å². The van der Waals surface area contributed by atoms with Crippen molar-refractivity contribution in [2.24, 2.45) is 11.8 Å². The maximum absolute atomic E-state index is 14.3. The van der Waals surface area contributed by atoms with Crippen molar-refractivity contribution in [1.82, 2.24) is 25.5 Å². The summed E-state index contributed by atoms with van der Waals surface area (Å²) in [5.41, 5.74) is 1.31. The summed E-state index contributed by atoms with van der Waals surface area (Å²) >= 11 is 1.47. The van der Waals surface area contributed by atoms with Crippen LogP contribution in [0.25, 0.3) is 22.3 Å². The number of alkyl carbamates (subject to hydrolysis) is 1. The monoisotopic (exact) mass is 748 g/mol. The Balaban J connectivity index is 1.42. The number of rotatable bonds is 9. The molecule has 6 rings (SSSR count). The lowest BCUT2D eigenvalue weighted by Gasteiger charge is -2.30. The van der Waals surface area contributed by atoms with Gasteiger partial charge in [0.05, 0.1) is 31.5 Å². The standard InChI is InChI=1S/C38H48N6O8S/c1-7-23-17-38(23,35(47)48)43-33(45)29-14-24-18-44(29)34(46)32(20(2)3)42-37(49)51-12-10-8-9-11-22-13-25-26(15-30(22)50-6)40-27(16-31(25)52-24)28-19-53-36(41-28)39-21(4)5/h7,13,15-16,19-21,23-24,29,32H,1,8-12,14,17-18H2,2-6H3,(H,39,41)(H,42,49)(H,43,45)(H,47,48)/t23-,24+,29-,32-,38+/m0/s1. The number of cyclic esters (lactones) is 1. The Hall–Kier alpha value is -4.92. The molecule has 1 saturated carbocycles. The Morgan fingerprint density at radius 3 is 2.62 bits per heavy atom. The molecule has 2 aliphatic heterocycles. The van der Waals surface area contributed by atoms with Gasteiger partial charge in [0.15, 0.2) is 5.13 Å². The van der Waals surface area contributed by atoms with Crippen LogP contribution < -0.4 is 25.4 Å². The first kappa shape index (κ1) is 37.8. The number of aryl methyl sites for hydroxylation is 1. The molecule has 284 valence electrons. The minimum atomic E-state index is -1.50. The second-order valence-electron chi connectivity index (χ2n) is 14.6. The molecule has 3 amide bonds. The molecule has 1 aliphatic carbocycles. The molecule has 0 spiro atoms. The highest BCUT2D eigenvalue weighted by molar-refractivity contribution is 7.14. The molecule has 14 nitrogen and oxygen atoms in total. The number of aliphatic carboxylic acids is 1. The molecule has 3 aliphatic rings. The van der Waals surface area contributed by atoms with Crippen LogP contribution in [0.1, 0.15) is 65.4 Å². The lowest BCUT2D eigenvalue weighted by Crippen LogP contribution is -2.57. The summed E-state index contributed by atoms with van der Waals surface area (Å²) in [6.45, 7) is 11.6. The van der Waals surface area contributed by atoms with Crippen LogP contribution in [0, 0.1) is 11.8 Å². The van der Waals surface area contributed by atoms with E-state index in [2.05, 4.69) is 22.5 Å². The van der Waals surface area contributed by atoms with Crippen LogP contribution in [0.4, 0.5) is 9.93 Å². The molecule has 4 heterocycles. The molecular formula is C38H48N6O8S. The number of methoxy groups -OCH3 is 1. The van der Waals surface area contributed by atoms with Gasteiger partial charge in [-0.05, 0) is 63.5 Å². The van der Waals surface area contributed by atoms with E-state index >= 15 is 0 Å². The van der Waals surface area contributed by atoms with Gasteiger partial charge in [-0.25, -0.2) is 19.6 Å². The topological polar surface area (TPSA) is 181 Å². The van der Waals surface area contributed by atoms with Gasteiger partial charge in [0.25, 0.3) is 0 Å². The largest absolute Gasteiger partial charge is 0.496 e. The third kappa shape index (κ3) is 8.04. The highest BCUT2D eigenvalue weighted by Crippen LogP contribution is 2.45. The maximum Gasteiger partial charge on any atom is 0.407 e. The number of fused-ring (bicyclic) bond motifs is 3. The fourth-order valence-corrected chi connectivity index (χ4v) is 7.93. The summed E-state index contributed by atoms with van der Waals surface area (Å²) in [5.74, 6) is -1.90. The van der Waals surface area contributed by atoms with Crippen molar-refractivity contribution in [2.75, 3.05) is 25.6 Å². The number of aromatic nitrogens is 2. The number of carboxylic acids is 1. The lowest BCUT2D eigenvalue weighted by molar-refractivity contribution is -0.145. The Bertz CT molecular complexity index is 1900. The van der Waals surface area contributed by atoms with Gasteiger partial charge in [-0.1, -0.05) is 19.9 Å². The van der Waals surface area contributed by atoms with Crippen molar-refractivity contribution >= 4 is 51.2 Å². The number of pyridine rings is 1. The summed E-state index contributed by atoms with van der Waals surface area (Å²) in [7, 11) is 1.62. The summed E-state index contributed by atoms with van der Waals surface area (Å²) in [6.07, 6.45) is 3.30. The van der Waals surface area contributed by atoms with E-state index in [4.69, 9.17) is 24.2 Å². The van der Waals surface area contributed by atoms with E-state index in [1.807, 2.05) is 37.4 Å². The van der Waals surface area contributed by atoms with Gasteiger partial charge < -0.3 is 40.2 Å². The van der Waals surface area contributed by atoms with Crippen LogP contribution >= 0.6 is 11.3 Å². The Labute approximate surface area is 312 Å². The minimum absolute atomic E-state index is 0.00312. The smallest absolute Gasteiger partial charge is 0.407 e. The number of carboxylic acid groups (broad SMARTS) is 1. The summed E-state index contributed by atoms with van der Waals surface area (Å²) < 4.78 is 18.0.